The molecule has 3 N–H and O–H groups in total. The first-order valence-corrected chi connectivity index (χ1v) is 25.2. The van der Waals surface area contributed by atoms with Crippen LogP contribution >= 0.6 is 0 Å². The van der Waals surface area contributed by atoms with Crippen molar-refractivity contribution in [3.8, 4) is 0 Å². The Morgan fingerprint density at radius 2 is 0.964 bits per heavy atom. The lowest BCUT2D eigenvalue weighted by Gasteiger charge is -2.43. The van der Waals surface area contributed by atoms with E-state index in [1.54, 1.807) is 4.90 Å². The highest BCUT2D eigenvalue weighted by Gasteiger charge is 2.47. The van der Waals surface area contributed by atoms with Gasteiger partial charge in [-0.15, -0.1) is 0 Å². The third-order valence-electron chi connectivity index (χ3n) is 11.5. The van der Waals surface area contributed by atoms with E-state index in [9.17, 15) is 23.4 Å². The van der Waals surface area contributed by atoms with Crippen LogP contribution in [0.2, 0.25) is 0 Å². The Kier molecular flexibility index (Phi) is 33.4. The van der Waals surface area contributed by atoms with Crippen LogP contribution < -0.4 is 4.72 Å². The van der Waals surface area contributed by atoms with E-state index in [0.29, 0.717) is 19.4 Å². The molecule has 1 amide bonds. The van der Waals surface area contributed by atoms with E-state index < -0.39 is 40.7 Å². The molecule has 9 nitrogen and oxygen atoms in total. The fourth-order valence-electron chi connectivity index (χ4n) is 7.88. The van der Waals surface area contributed by atoms with Crippen molar-refractivity contribution < 1.29 is 32.9 Å². The van der Waals surface area contributed by atoms with Crippen molar-refractivity contribution in [1.29, 1.82) is 0 Å². The number of carbonyl (C=O) groups is 1. The summed E-state index contributed by atoms with van der Waals surface area (Å²) in [6.45, 7) is 7.36. The first-order chi connectivity index (χ1) is 26.7. The van der Waals surface area contributed by atoms with Crippen molar-refractivity contribution >= 4 is 15.9 Å². The molecule has 1 saturated heterocycles. The van der Waals surface area contributed by atoms with Gasteiger partial charge in [-0.1, -0.05) is 201 Å². The third-order valence-corrected chi connectivity index (χ3v) is 13.0. The number of carbonyl (C=O) groups excluding carboxylic acids is 1. The number of hydrogen-bond acceptors (Lipinski definition) is 7. The lowest BCUT2D eigenvalue weighted by Crippen LogP contribution is -2.65. The van der Waals surface area contributed by atoms with Gasteiger partial charge in [-0.05, 0) is 19.3 Å². The topological polar surface area (TPSA) is 125 Å². The van der Waals surface area contributed by atoms with Crippen molar-refractivity contribution in [3.63, 3.8) is 0 Å². The molecule has 1 aliphatic heterocycles. The summed E-state index contributed by atoms with van der Waals surface area (Å²) in [5.74, 6) is -0.0106. The Labute approximate surface area is 340 Å². The Bertz CT molecular complexity index is 982. The van der Waals surface area contributed by atoms with E-state index in [0.717, 1.165) is 70.6 Å². The molecule has 1 heterocycles. The van der Waals surface area contributed by atoms with Gasteiger partial charge in [-0.3, -0.25) is 4.79 Å². The van der Waals surface area contributed by atoms with Crippen LogP contribution in [-0.2, 0) is 24.3 Å². The van der Waals surface area contributed by atoms with Gasteiger partial charge in [0.2, 0.25) is 15.9 Å². The summed E-state index contributed by atoms with van der Waals surface area (Å²) in [7, 11) is -2.32. The quantitative estimate of drug-likeness (QED) is 0.0528. The number of aliphatic hydroxyl groups excluding tert-OH is 2. The minimum Gasteiger partial charge on any atom is -0.388 e. The maximum atomic E-state index is 13.6. The van der Waals surface area contributed by atoms with Gasteiger partial charge in [0.25, 0.3) is 0 Å². The molecule has 1 rings (SSSR count). The highest BCUT2D eigenvalue weighted by molar-refractivity contribution is 7.89. The molecule has 0 radical (unpaired) electrons. The van der Waals surface area contributed by atoms with Gasteiger partial charge in [0, 0.05) is 26.6 Å². The third kappa shape index (κ3) is 26.8. The van der Waals surface area contributed by atoms with E-state index >= 15 is 0 Å². The molecule has 328 valence electrons. The zero-order chi connectivity index (χ0) is 40.4. The Morgan fingerprint density at radius 1 is 0.582 bits per heavy atom. The molecule has 55 heavy (non-hydrogen) atoms. The molecular formula is C45H90N2O7S. The Morgan fingerprint density at radius 3 is 1.38 bits per heavy atom. The van der Waals surface area contributed by atoms with Crippen LogP contribution in [0.15, 0.2) is 0 Å². The second-order valence-corrected chi connectivity index (χ2v) is 18.6. The number of rotatable bonds is 39. The molecule has 0 aromatic heterocycles. The SMILES string of the molecule is CCCCCCCCCCCCCCCCCCN(C[C@H]1O[C@H](OC)[C@@H](NS(=O)(=O)CCCCCCCC)[C@@H](O)[C@@H]1O)C(=O)CCCCCCCCCCC. The van der Waals surface area contributed by atoms with Crippen LogP contribution in [0.3, 0.4) is 0 Å². The smallest absolute Gasteiger partial charge is 0.222 e. The van der Waals surface area contributed by atoms with E-state index in [-0.39, 0.29) is 18.2 Å². The minimum absolute atomic E-state index is 0.0462. The lowest BCUT2D eigenvalue weighted by molar-refractivity contribution is -0.256. The second-order valence-electron chi connectivity index (χ2n) is 16.7. The highest BCUT2D eigenvalue weighted by Crippen LogP contribution is 2.25. The number of nitrogens with one attached hydrogen (secondary N) is 1. The number of amides is 1. The highest BCUT2D eigenvalue weighted by atomic mass is 32.2. The summed E-state index contributed by atoms with van der Waals surface area (Å²) in [4.78, 5) is 15.4. The van der Waals surface area contributed by atoms with E-state index in [4.69, 9.17) is 9.47 Å². The average Bonchev–Trinajstić information content (AvgIpc) is 3.17. The molecule has 0 spiro atoms. The Balaban J connectivity index is 2.60. The number of aliphatic hydroxyl groups is 2. The summed E-state index contributed by atoms with van der Waals surface area (Å²) in [5.41, 5.74) is 0. The standard InChI is InChI=1S/C45H90N2O7S/c1-5-8-11-14-17-19-20-21-22-23-24-25-27-29-31-34-37-47(41(48)36-33-30-28-26-18-15-12-9-6-2)39-40-43(49)44(50)42(45(53-4)54-40)46-55(51,52)38-35-32-16-13-10-7-3/h40,42-46,49-50H,5-39H2,1-4H3/t40-,42+,43-,44-,45+/m1/s1. The van der Waals surface area contributed by atoms with Gasteiger partial charge in [0.15, 0.2) is 6.29 Å². The van der Waals surface area contributed by atoms with E-state index in [2.05, 4.69) is 25.5 Å². The summed E-state index contributed by atoms with van der Waals surface area (Å²) < 4.78 is 40.0. The fraction of sp³-hybridized carbons (Fsp3) is 0.978. The summed E-state index contributed by atoms with van der Waals surface area (Å²) >= 11 is 0. The summed E-state index contributed by atoms with van der Waals surface area (Å²) in [6, 6.07) is -1.15. The largest absolute Gasteiger partial charge is 0.388 e. The van der Waals surface area contributed by atoms with Crippen molar-refractivity contribution in [3.05, 3.63) is 0 Å². The zero-order valence-corrected chi connectivity index (χ0v) is 37.2. The van der Waals surface area contributed by atoms with Crippen LogP contribution in [0, 0.1) is 0 Å². The number of hydrogen-bond donors (Lipinski definition) is 3. The number of sulfonamides is 1. The number of unbranched alkanes of at least 4 members (excludes halogenated alkanes) is 28. The molecule has 0 bridgehead atoms. The molecular weight excluding hydrogens is 713 g/mol. The molecule has 0 aromatic rings. The first-order valence-electron chi connectivity index (χ1n) is 23.5. The average molecular weight is 803 g/mol. The number of methoxy groups -OCH3 is 1. The van der Waals surface area contributed by atoms with Gasteiger partial charge in [0.1, 0.15) is 24.4 Å². The molecule has 1 aliphatic rings. The second kappa shape index (κ2) is 35.2. The maximum absolute atomic E-state index is 13.6. The van der Waals surface area contributed by atoms with Gasteiger partial charge in [0.05, 0.1) is 5.75 Å². The summed E-state index contributed by atoms with van der Waals surface area (Å²) in [5, 5.41) is 22.4. The predicted molar refractivity (Wildman–Crippen MR) is 230 cm³/mol. The predicted octanol–water partition coefficient (Wildman–Crippen LogP) is 10.7. The maximum Gasteiger partial charge on any atom is 0.222 e. The van der Waals surface area contributed by atoms with Crippen molar-refractivity contribution in [2.45, 2.75) is 257 Å². The van der Waals surface area contributed by atoms with Crippen molar-refractivity contribution in [2.24, 2.45) is 0 Å². The molecule has 0 aliphatic carbocycles. The molecule has 1 fully saturated rings. The van der Waals surface area contributed by atoms with Gasteiger partial charge in [-0.2, -0.15) is 0 Å². The van der Waals surface area contributed by atoms with Crippen molar-refractivity contribution in [2.75, 3.05) is 26.0 Å². The molecule has 0 saturated carbocycles. The molecule has 0 aromatic carbocycles. The number of nitrogens with zero attached hydrogens (tertiary/aromatic N) is 1. The molecule has 5 atom stereocenters. The lowest BCUT2D eigenvalue weighted by atomic mass is 9.96. The van der Waals surface area contributed by atoms with Crippen LogP contribution in [-0.4, -0.2) is 86.0 Å². The molecule has 10 heteroatoms. The minimum atomic E-state index is -3.73. The van der Waals surface area contributed by atoms with Gasteiger partial charge < -0.3 is 24.6 Å². The fourth-order valence-corrected chi connectivity index (χ4v) is 9.25. The van der Waals surface area contributed by atoms with Crippen LogP contribution in [0.5, 0.6) is 0 Å². The van der Waals surface area contributed by atoms with E-state index in [1.807, 2.05) is 0 Å². The monoisotopic (exact) mass is 803 g/mol. The summed E-state index contributed by atoms with van der Waals surface area (Å²) in [6.07, 6.45) is 32.6. The number of ether oxygens (including phenoxy) is 2. The van der Waals surface area contributed by atoms with Crippen LogP contribution in [0.4, 0.5) is 0 Å². The van der Waals surface area contributed by atoms with Gasteiger partial charge in [-0.25, -0.2) is 13.1 Å². The zero-order valence-electron chi connectivity index (χ0n) is 36.4. The van der Waals surface area contributed by atoms with Crippen LogP contribution in [0.25, 0.3) is 0 Å². The van der Waals surface area contributed by atoms with Crippen molar-refractivity contribution in [1.82, 2.24) is 9.62 Å². The van der Waals surface area contributed by atoms with Gasteiger partial charge >= 0.3 is 0 Å². The molecule has 0 unspecified atom stereocenters. The normalized spacial score (nSPS) is 20.3. The van der Waals surface area contributed by atoms with E-state index in [1.165, 1.54) is 129 Å². The first kappa shape index (κ1) is 52.2. The van der Waals surface area contributed by atoms with Crippen LogP contribution in [0.1, 0.15) is 226 Å². The Hall–Kier alpha value is -0.780.